The van der Waals surface area contributed by atoms with Gasteiger partial charge >= 0.3 is 0 Å². The van der Waals surface area contributed by atoms with Gasteiger partial charge in [0.05, 0.1) is 6.10 Å². The van der Waals surface area contributed by atoms with Crippen LogP contribution in [0.5, 0.6) is 0 Å². The third-order valence-electron chi connectivity index (χ3n) is 3.43. The summed E-state index contributed by atoms with van der Waals surface area (Å²) < 4.78 is 5.51. The number of piperazine rings is 1. The SMILES string of the molecule is CN1CCN(C(=O)COC2CC(N)C2)CC1. The highest BCUT2D eigenvalue weighted by Crippen LogP contribution is 2.21. The van der Waals surface area contributed by atoms with Crippen LogP contribution in [0.2, 0.25) is 0 Å². The molecule has 1 aliphatic carbocycles. The third kappa shape index (κ3) is 2.93. The van der Waals surface area contributed by atoms with Crippen molar-refractivity contribution in [3.05, 3.63) is 0 Å². The highest BCUT2D eigenvalue weighted by Gasteiger charge is 2.28. The maximum Gasteiger partial charge on any atom is 0.248 e. The Morgan fingerprint density at radius 3 is 2.50 bits per heavy atom. The average Bonchev–Trinajstić information content (AvgIpc) is 2.23. The van der Waals surface area contributed by atoms with E-state index in [1.165, 1.54) is 0 Å². The van der Waals surface area contributed by atoms with Gasteiger partial charge in [-0.2, -0.15) is 0 Å². The van der Waals surface area contributed by atoms with E-state index in [1.54, 1.807) is 0 Å². The van der Waals surface area contributed by atoms with Crippen LogP contribution in [0.3, 0.4) is 0 Å². The molecule has 2 rings (SSSR count). The third-order valence-corrected chi connectivity index (χ3v) is 3.43. The lowest BCUT2D eigenvalue weighted by atomic mass is 9.90. The number of nitrogens with two attached hydrogens (primary N) is 1. The minimum Gasteiger partial charge on any atom is -0.368 e. The number of carbonyl (C=O) groups excluding carboxylic acids is 1. The first-order chi connectivity index (χ1) is 7.65. The molecule has 16 heavy (non-hydrogen) atoms. The molecule has 0 radical (unpaired) electrons. The normalized spacial score (nSPS) is 31.2. The monoisotopic (exact) mass is 227 g/mol. The second-order valence-electron chi connectivity index (χ2n) is 4.85. The van der Waals surface area contributed by atoms with E-state index in [1.807, 2.05) is 4.90 Å². The molecule has 0 aromatic heterocycles. The molecule has 0 atom stereocenters. The molecule has 0 aromatic carbocycles. The molecule has 2 N–H and O–H groups in total. The topological polar surface area (TPSA) is 58.8 Å². The Labute approximate surface area is 96.5 Å². The fourth-order valence-corrected chi connectivity index (χ4v) is 2.08. The van der Waals surface area contributed by atoms with Gasteiger partial charge in [0.1, 0.15) is 6.61 Å². The van der Waals surface area contributed by atoms with Gasteiger partial charge in [-0.1, -0.05) is 0 Å². The molecule has 0 bridgehead atoms. The Kier molecular flexibility index (Phi) is 3.78. The minimum absolute atomic E-state index is 0.119. The largest absolute Gasteiger partial charge is 0.368 e. The van der Waals surface area contributed by atoms with E-state index < -0.39 is 0 Å². The van der Waals surface area contributed by atoms with Gasteiger partial charge in [0.2, 0.25) is 5.91 Å². The van der Waals surface area contributed by atoms with E-state index in [2.05, 4.69) is 11.9 Å². The van der Waals surface area contributed by atoms with Gasteiger partial charge in [0, 0.05) is 32.2 Å². The van der Waals surface area contributed by atoms with E-state index in [0.29, 0.717) is 0 Å². The van der Waals surface area contributed by atoms with Gasteiger partial charge in [-0.3, -0.25) is 4.79 Å². The highest BCUT2D eigenvalue weighted by molar-refractivity contribution is 5.77. The number of hydrogen-bond acceptors (Lipinski definition) is 4. The van der Waals surface area contributed by atoms with Crippen molar-refractivity contribution in [2.45, 2.75) is 25.0 Å². The van der Waals surface area contributed by atoms with Crippen molar-refractivity contribution in [1.82, 2.24) is 9.80 Å². The van der Waals surface area contributed by atoms with Gasteiger partial charge < -0.3 is 20.3 Å². The van der Waals surface area contributed by atoms with Crippen molar-refractivity contribution in [1.29, 1.82) is 0 Å². The molecule has 1 saturated heterocycles. The zero-order chi connectivity index (χ0) is 11.5. The van der Waals surface area contributed by atoms with Crippen molar-refractivity contribution in [2.75, 3.05) is 39.8 Å². The Morgan fingerprint density at radius 2 is 1.94 bits per heavy atom. The number of rotatable bonds is 3. The number of carbonyl (C=O) groups is 1. The second-order valence-corrected chi connectivity index (χ2v) is 4.85. The predicted octanol–water partition coefficient (Wildman–Crippen LogP) is -0.733. The molecule has 2 aliphatic rings. The lowest BCUT2D eigenvalue weighted by Crippen LogP contribution is -2.49. The van der Waals surface area contributed by atoms with Crippen LogP contribution in [0, 0.1) is 0 Å². The van der Waals surface area contributed by atoms with Crippen LogP contribution < -0.4 is 5.73 Å². The molecule has 5 nitrogen and oxygen atoms in total. The van der Waals surface area contributed by atoms with Crippen molar-refractivity contribution in [3.63, 3.8) is 0 Å². The fourth-order valence-electron chi connectivity index (χ4n) is 2.08. The number of likely N-dealkylation sites (N-methyl/N-ethyl adjacent to an activating group) is 1. The van der Waals surface area contributed by atoms with Gasteiger partial charge in [-0.15, -0.1) is 0 Å². The summed E-state index contributed by atoms with van der Waals surface area (Å²) in [5, 5.41) is 0. The molecule has 0 spiro atoms. The van der Waals surface area contributed by atoms with E-state index >= 15 is 0 Å². The summed E-state index contributed by atoms with van der Waals surface area (Å²) in [5.41, 5.74) is 5.65. The molecule has 0 aromatic rings. The first-order valence-corrected chi connectivity index (χ1v) is 5.98. The number of hydrogen-bond donors (Lipinski definition) is 1. The summed E-state index contributed by atoms with van der Waals surface area (Å²) in [6.45, 7) is 3.78. The Morgan fingerprint density at radius 1 is 1.31 bits per heavy atom. The van der Waals surface area contributed by atoms with Gasteiger partial charge in [0.25, 0.3) is 0 Å². The molecule has 1 heterocycles. The van der Waals surface area contributed by atoms with Gasteiger partial charge in [0.15, 0.2) is 0 Å². The molecule has 1 amide bonds. The number of nitrogens with zero attached hydrogens (tertiary/aromatic N) is 2. The molecule has 0 unspecified atom stereocenters. The van der Waals surface area contributed by atoms with E-state index in [-0.39, 0.29) is 24.7 Å². The van der Waals surface area contributed by atoms with Crippen LogP contribution in [-0.2, 0) is 9.53 Å². The van der Waals surface area contributed by atoms with Crippen molar-refractivity contribution >= 4 is 5.91 Å². The lowest BCUT2D eigenvalue weighted by Gasteiger charge is -2.35. The summed E-state index contributed by atoms with van der Waals surface area (Å²) in [6.07, 6.45) is 2.01. The molecule has 1 saturated carbocycles. The molecular weight excluding hydrogens is 206 g/mol. The summed E-state index contributed by atoms with van der Waals surface area (Å²) >= 11 is 0. The van der Waals surface area contributed by atoms with Gasteiger partial charge in [-0.25, -0.2) is 0 Å². The number of amides is 1. The summed E-state index contributed by atoms with van der Waals surface area (Å²) in [6, 6.07) is 0.281. The van der Waals surface area contributed by atoms with Crippen LogP contribution in [0.4, 0.5) is 0 Å². The zero-order valence-corrected chi connectivity index (χ0v) is 9.89. The molecule has 92 valence electrons. The molecule has 2 fully saturated rings. The van der Waals surface area contributed by atoms with Crippen molar-refractivity contribution in [3.8, 4) is 0 Å². The maximum atomic E-state index is 11.8. The van der Waals surface area contributed by atoms with Crippen LogP contribution in [-0.4, -0.2) is 67.7 Å². The fraction of sp³-hybridized carbons (Fsp3) is 0.909. The van der Waals surface area contributed by atoms with Crippen LogP contribution in [0.15, 0.2) is 0 Å². The minimum atomic E-state index is 0.119. The average molecular weight is 227 g/mol. The van der Waals surface area contributed by atoms with Crippen molar-refractivity contribution in [2.24, 2.45) is 5.73 Å². The maximum absolute atomic E-state index is 11.8. The van der Waals surface area contributed by atoms with Crippen LogP contribution in [0.1, 0.15) is 12.8 Å². The molecule has 5 heteroatoms. The Bertz CT molecular complexity index is 246. The van der Waals surface area contributed by atoms with E-state index in [0.717, 1.165) is 39.0 Å². The summed E-state index contributed by atoms with van der Waals surface area (Å²) in [5.74, 6) is 0.119. The Balaban J connectivity index is 1.64. The van der Waals surface area contributed by atoms with Crippen LogP contribution in [0.25, 0.3) is 0 Å². The summed E-state index contributed by atoms with van der Waals surface area (Å²) in [4.78, 5) is 15.9. The first kappa shape index (κ1) is 11.8. The smallest absolute Gasteiger partial charge is 0.248 e. The number of ether oxygens (including phenoxy) is 1. The van der Waals surface area contributed by atoms with Crippen molar-refractivity contribution < 1.29 is 9.53 Å². The quantitative estimate of drug-likeness (QED) is 0.690. The zero-order valence-electron chi connectivity index (χ0n) is 9.89. The first-order valence-electron chi connectivity index (χ1n) is 5.98. The van der Waals surface area contributed by atoms with Crippen LogP contribution >= 0.6 is 0 Å². The Hall–Kier alpha value is -0.650. The standard InChI is InChI=1S/C11H21N3O2/c1-13-2-4-14(5-3-13)11(15)8-16-10-6-9(12)7-10/h9-10H,2-8,12H2,1H3. The van der Waals surface area contributed by atoms with Gasteiger partial charge in [-0.05, 0) is 19.9 Å². The predicted molar refractivity (Wildman–Crippen MR) is 61.0 cm³/mol. The second kappa shape index (κ2) is 5.12. The van der Waals surface area contributed by atoms with E-state index in [9.17, 15) is 4.79 Å². The molecule has 1 aliphatic heterocycles. The van der Waals surface area contributed by atoms with E-state index in [4.69, 9.17) is 10.5 Å². The highest BCUT2D eigenvalue weighted by atomic mass is 16.5. The molecular formula is C11H21N3O2. The lowest BCUT2D eigenvalue weighted by molar-refractivity contribution is -0.141. The summed E-state index contributed by atoms with van der Waals surface area (Å²) in [7, 11) is 2.08.